The van der Waals surface area contributed by atoms with E-state index in [2.05, 4.69) is 0 Å². The lowest BCUT2D eigenvalue weighted by Crippen LogP contribution is -2.17. The Kier molecular flexibility index (Phi) is 3.83. The summed E-state index contributed by atoms with van der Waals surface area (Å²) < 4.78 is 75.2. The van der Waals surface area contributed by atoms with Gasteiger partial charge in [0.25, 0.3) is 0 Å². The van der Waals surface area contributed by atoms with E-state index in [1.54, 1.807) is 0 Å². The van der Waals surface area contributed by atoms with Crippen molar-refractivity contribution in [2.24, 2.45) is 0 Å². The Hall–Kier alpha value is -1.73. The van der Waals surface area contributed by atoms with Gasteiger partial charge in [-0.05, 0) is 30.7 Å². The van der Waals surface area contributed by atoms with Crippen LogP contribution in [0, 0.1) is 0 Å². The highest BCUT2D eigenvalue weighted by molar-refractivity contribution is 5.76. The molecule has 0 aliphatic carbocycles. The number of halogens is 6. The summed E-state index contributed by atoms with van der Waals surface area (Å²) in [6.45, 7) is 0.896. The van der Waals surface area contributed by atoms with Crippen molar-refractivity contribution in [3.8, 4) is 0 Å². The molecule has 2 nitrogen and oxygen atoms in total. The second-order valence-electron chi connectivity index (χ2n) is 3.86. The van der Waals surface area contributed by atoms with Crippen molar-refractivity contribution in [1.29, 1.82) is 0 Å². The molecule has 0 amide bonds. The van der Waals surface area contributed by atoms with E-state index in [0.29, 0.717) is 0 Å². The van der Waals surface area contributed by atoms with Crippen LogP contribution in [0.3, 0.4) is 0 Å². The summed E-state index contributed by atoms with van der Waals surface area (Å²) in [5.74, 6) is -3.33. The molecule has 0 saturated heterocycles. The standard InChI is InChI=1S/C11H8F6O2/c1-5(9(18)19)7-4-6(10(12,13)14)2-3-8(7)11(15,16)17/h2-5H,1H3,(H,18,19). The molecule has 0 radical (unpaired) electrons. The molecule has 1 unspecified atom stereocenters. The van der Waals surface area contributed by atoms with Crippen LogP contribution in [0.15, 0.2) is 18.2 Å². The van der Waals surface area contributed by atoms with Crippen LogP contribution in [-0.4, -0.2) is 11.1 Å². The maximum atomic E-state index is 12.6. The third-order valence-corrected chi connectivity index (χ3v) is 2.52. The molecule has 0 heterocycles. The van der Waals surface area contributed by atoms with Crippen LogP contribution in [0.5, 0.6) is 0 Å². The van der Waals surface area contributed by atoms with E-state index in [0.717, 1.165) is 6.92 Å². The Morgan fingerprint density at radius 3 is 2.00 bits per heavy atom. The number of hydrogen-bond donors (Lipinski definition) is 1. The molecule has 1 aromatic rings. The number of benzene rings is 1. The van der Waals surface area contributed by atoms with Crippen LogP contribution in [-0.2, 0) is 17.1 Å². The van der Waals surface area contributed by atoms with Crippen molar-refractivity contribution in [2.75, 3.05) is 0 Å². The van der Waals surface area contributed by atoms with Gasteiger partial charge in [0.05, 0.1) is 17.0 Å². The van der Waals surface area contributed by atoms with Gasteiger partial charge < -0.3 is 5.11 Å². The predicted molar refractivity (Wildman–Crippen MR) is 52.5 cm³/mol. The Morgan fingerprint density at radius 1 is 1.11 bits per heavy atom. The van der Waals surface area contributed by atoms with Crippen molar-refractivity contribution in [1.82, 2.24) is 0 Å². The smallest absolute Gasteiger partial charge is 0.416 e. The zero-order valence-electron chi connectivity index (χ0n) is 9.43. The monoisotopic (exact) mass is 286 g/mol. The first-order chi connectivity index (χ1) is 8.44. The second-order valence-corrected chi connectivity index (χ2v) is 3.86. The number of hydrogen-bond acceptors (Lipinski definition) is 1. The molecule has 0 bridgehead atoms. The number of carboxylic acid groups (broad SMARTS) is 1. The molecule has 1 aromatic carbocycles. The average Bonchev–Trinajstić information content (AvgIpc) is 2.24. The SMILES string of the molecule is CC(C(=O)O)c1cc(C(F)(F)F)ccc1C(F)(F)F. The van der Waals surface area contributed by atoms with Gasteiger partial charge in [-0.25, -0.2) is 0 Å². The van der Waals surface area contributed by atoms with Crippen LogP contribution in [0.1, 0.15) is 29.5 Å². The normalized spacial score (nSPS) is 14.3. The van der Waals surface area contributed by atoms with Gasteiger partial charge in [-0.15, -0.1) is 0 Å². The van der Waals surface area contributed by atoms with Crippen molar-refractivity contribution in [3.63, 3.8) is 0 Å². The topological polar surface area (TPSA) is 37.3 Å². The highest BCUT2D eigenvalue weighted by Gasteiger charge is 2.38. The van der Waals surface area contributed by atoms with E-state index in [4.69, 9.17) is 5.11 Å². The largest absolute Gasteiger partial charge is 0.481 e. The molecule has 1 atom stereocenters. The van der Waals surface area contributed by atoms with E-state index < -0.39 is 40.9 Å². The molecule has 0 saturated carbocycles. The molecule has 1 rings (SSSR count). The van der Waals surface area contributed by atoms with Crippen LogP contribution < -0.4 is 0 Å². The summed E-state index contributed by atoms with van der Waals surface area (Å²) in [7, 11) is 0. The fourth-order valence-electron chi connectivity index (χ4n) is 1.49. The van der Waals surface area contributed by atoms with E-state index in [1.807, 2.05) is 0 Å². The molecule has 106 valence electrons. The van der Waals surface area contributed by atoms with Gasteiger partial charge in [0, 0.05) is 0 Å². The summed E-state index contributed by atoms with van der Waals surface area (Å²) in [5, 5.41) is 8.67. The quantitative estimate of drug-likeness (QED) is 0.837. The Labute approximate surface area is 103 Å². The first-order valence-electron chi connectivity index (χ1n) is 4.95. The van der Waals surface area contributed by atoms with E-state index in [1.165, 1.54) is 0 Å². The van der Waals surface area contributed by atoms with Gasteiger partial charge in [0.1, 0.15) is 0 Å². The van der Waals surface area contributed by atoms with Gasteiger partial charge in [-0.1, -0.05) is 0 Å². The Morgan fingerprint density at radius 2 is 1.63 bits per heavy atom. The zero-order valence-corrected chi connectivity index (χ0v) is 9.43. The van der Waals surface area contributed by atoms with E-state index in [9.17, 15) is 31.1 Å². The number of aliphatic carboxylic acids is 1. The van der Waals surface area contributed by atoms with Crippen LogP contribution in [0.2, 0.25) is 0 Å². The Bertz CT molecular complexity index is 489. The lowest BCUT2D eigenvalue weighted by Gasteiger charge is -2.18. The van der Waals surface area contributed by atoms with Crippen molar-refractivity contribution in [2.45, 2.75) is 25.2 Å². The Balaban J connectivity index is 3.48. The van der Waals surface area contributed by atoms with Gasteiger partial charge in [0.15, 0.2) is 0 Å². The van der Waals surface area contributed by atoms with Crippen molar-refractivity contribution >= 4 is 5.97 Å². The van der Waals surface area contributed by atoms with Gasteiger partial charge in [-0.3, -0.25) is 4.79 Å². The summed E-state index contributed by atoms with van der Waals surface area (Å²) >= 11 is 0. The minimum atomic E-state index is -4.91. The molecule has 0 spiro atoms. The third kappa shape index (κ3) is 3.39. The first-order valence-corrected chi connectivity index (χ1v) is 4.95. The maximum Gasteiger partial charge on any atom is 0.416 e. The molecule has 0 aliphatic rings. The van der Waals surface area contributed by atoms with Crippen LogP contribution in [0.25, 0.3) is 0 Å². The molecular weight excluding hydrogens is 278 g/mol. The van der Waals surface area contributed by atoms with Gasteiger partial charge in [-0.2, -0.15) is 26.3 Å². The number of carboxylic acids is 1. The van der Waals surface area contributed by atoms with Gasteiger partial charge >= 0.3 is 18.3 Å². The zero-order chi connectivity index (χ0) is 15.0. The molecule has 19 heavy (non-hydrogen) atoms. The predicted octanol–water partition coefficient (Wildman–Crippen LogP) is 3.91. The van der Waals surface area contributed by atoms with Crippen molar-refractivity contribution in [3.05, 3.63) is 34.9 Å². The van der Waals surface area contributed by atoms with Crippen molar-refractivity contribution < 1.29 is 36.2 Å². The van der Waals surface area contributed by atoms with Crippen LogP contribution in [0.4, 0.5) is 26.3 Å². The maximum absolute atomic E-state index is 12.6. The first kappa shape index (κ1) is 15.3. The average molecular weight is 286 g/mol. The molecular formula is C11H8F6O2. The molecule has 1 N–H and O–H groups in total. The molecule has 0 aromatic heterocycles. The van der Waals surface area contributed by atoms with E-state index >= 15 is 0 Å². The summed E-state index contributed by atoms with van der Waals surface area (Å²) in [5.41, 5.74) is -3.60. The highest BCUT2D eigenvalue weighted by atomic mass is 19.4. The summed E-state index contributed by atoms with van der Waals surface area (Å²) in [6.07, 6.45) is -9.75. The highest BCUT2D eigenvalue weighted by Crippen LogP contribution is 2.39. The molecule has 0 fully saturated rings. The summed E-state index contributed by atoms with van der Waals surface area (Å²) in [6, 6.07) is 0.750. The minimum Gasteiger partial charge on any atom is -0.481 e. The number of alkyl halides is 6. The minimum absolute atomic E-state index is 0.224. The fraction of sp³-hybridized carbons (Fsp3) is 0.364. The third-order valence-electron chi connectivity index (χ3n) is 2.52. The lowest BCUT2D eigenvalue weighted by molar-refractivity contribution is -0.144. The second kappa shape index (κ2) is 4.75. The number of rotatable bonds is 2. The molecule has 0 aliphatic heterocycles. The summed E-state index contributed by atoms with van der Waals surface area (Å²) in [4.78, 5) is 10.7. The number of carbonyl (C=O) groups is 1. The van der Waals surface area contributed by atoms with Gasteiger partial charge in [0.2, 0.25) is 0 Å². The fourth-order valence-corrected chi connectivity index (χ4v) is 1.49. The lowest BCUT2D eigenvalue weighted by atomic mass is 9.93. The molecule has 8 heteroatoms. The van der Waals surface area contributed by atoms with E-state index in [-0.39, 0.29) is 18.2 Å². The van der Waals surface area contributed by atoms with Crippen LogP contribution >= 0.6 is 0 Å².